The van der Waals surface area contributed by atoms with Crippen molar-refractivity contribution < 1.29 is 24.6 Å². The lowest BCUT2D eigenvalue weighted by atomic mass is 10.1. The van der Waals surface area contributed by atoms with Crippen LogP contribution in [0.15, 0.2) is 109 Å². The highest BCUT2D eigenvalue weighted by atomic mass is 16.3. The number of aryl methyl sites for hydroxylation is 2. The van der Waals surface area contributed by atoms with E-state index >= 15 is 0 Å². The van der Waals surface area contributed by atoms with E-state index in [0.29, 0.717) is 39.4 Å². The molecule has 0 spiro atoms. The molecule has 0 heterocycles. The highest BCUT2D eigenvalue weighted by molar-refractivity contribution is 6.07. The SMILES string of the molecule is Cc1ccc(N)cc1NC(=O)c1ccc(O)cc1.Cc1ccc(NC(=O)c2cccc(N(C)C)c2)cc1NC(=O)c1ccc(O)cc1. The van der Waals surface area contributed by atoms with Gasteiger partial charge in [0.15, 0.2) is 0 Å². The van der Waals surface area contributed by atoms with Gasteiger partial charge in [-0.05, 0) is 116 Å². The van der Waals surface area contributed by atoms with E-state index in [-0.39, 0.29) is 29.2 Å². The number of phenols is 2. The monoisotopic (exact) mass is 631 g/mol. The fourth-order valence-corrected chi connectivity index (χ4v) is 4.35. The first kappa shape index (κ1) is 33.6. The number of anilines is 5. The number of nitrogen functional groups attached to an aromatic ring is 1. The van der Waals surface area contributed by atoms with Gasteiger partial charge in [0.25, 0.3) is 17.7 Å². The second-order valence-corrected chi connectivity index (χ2v) is 11.0. The average molecular weight is 632 g/mol. The van der Waals surface area contributed by atoms with Crippen molar-refractivity contribution in [1.82, 2.24) is 0 Å². The number of nitrogens with one attached hydrogen (secondary N) is 3. The first-order chi connectivity index (χ1) is 22.4. The Bertz CT molecular complexity index is 1890. The summed E-state index contributed by atoms with van der Waals surface area (Å²) in [4.78, 5) is 39.0. The van der Waals surface area contributed by atoms with Crippen molar-refractivity contribution in [2.45, 2.75) is 13.8 Å². The van der Waals surface area contributed by atoms with Gasteiger partial charge in [0.1, 0.15) is 11.5 Å². The highest BCUT2D eigenvalue weighted by Gasteiger charge is 2.12. The second kappa shape index (κ2) is 15.1. The lowest BCUT2D eigenvalue weighted by molar-refractivity contribution is 0.101. The van der Waals surface area contributed by atoms with Crippen LogP contribution in [0.25, 0.3) is 0 Å². The molecule has 7 N–H and O–H groups in total. The summed E-state index contributed by atoms with van der Waals surface area (Å²) in [6, 6.07) is 30.1. The maximum atomic E-state index is 12.6. The van der Waals surface area contributed by atoms with E-state index in [2.05, 4.69) is 16.0 Å². The Morgan fingerprint density at radius 3 is 1.60 bits per heavy atom. The quantitative estimate of drug-likeness (QED) is 0.108. The van der Waals surface area contributed by atoms with Gasteiger partial charge in [0, 0.05) is 59.2 Å². The Kier molecular flexibility index (Phi) is 10.8. The number of nitrogens with two attached hydrogens (primary N) is 1. The van der Waals surface area contributed by atoms with Gasteiger partial charge >= 0.3 is 0 Å². The van der Waals surface area contributed by atoms with Crippen LogP contribution >= 0.6 is 0 Å². The van der Waals surface area contributed by atoms with Crippen molar-refractivity contribution in [3.63, 3.8) is 0 Å². The molecular weight excluding hydrogens is 594 g/mol. The Morgan fingerprint density at radius 2 is 1.06 bits per heavy atom. The highest BCUT2D eigenvalue weighted by Crippen LogP contribution is 2.23. The third-order valence-corrected chi connectivity index (χ3v) is 7.14. The van der Waals surface area contributed by atoms with Crippen LogP contribution in [-0.2, 0) is 0 Å². The van der Waals surface area contributed by atoms with Crippen molar-refractivity contribution in [3.8, 4) is 11.5 Å². The summed E-state index contributed by atoms with van der Waals surface area (Å²) in [5.41, 5.74) is 12.3. The Labute approximate surface area is 273 Å². The van der Waals surface area contributed by atoms with Gasteiger partial charge < -0.3 is 36.8 Å². The topological polar surface area (TPSA) is 157 Å². The van der Waals surface area contributed by atoms with E-state index < -0.39 is 0 Å². The molecule has 0 atom stereocenters. The molecule has 0 saturated carbocycles. The molecular formula is C37H37N5O5. The molecule has 0 bridgehead atoms. The number of nitrogens with zero attached hydrogens (tertiary/aromatic N) is 1. The number of aromatic hydroxyl groups is 2. The number of amides is 3. The number of rotatable bonds is 7. The van der Waals surface area contributed by atoms with Crippen LogP contribution in [0.5, 0.6) is 11.5 Å². The second-order valence-electron chi connectivity index (χ2n) is 11.0. The molecule has 5 rings (SSSR count). The smallest absolute Gasteiger partial charge is 0.255 e. The van der Waals surface area contributed by atoms with Gasteiger partial charge in [-0.1, -0.05) is 18.2 Å². The minimum atomic E-state index is -0.296. The fourth-order valence-electron chi connectivity index (χ4n) is 4.35. The van der Waals surface area contributed by atoms with Crippen LogP contribution < -0.4 is 26.6 Å². The minimum absolute atomic E-state index is 0.0979. The van der Waals surface area contributed by atoms with Gasteiger partial charge in [-0.3, -0.25) is 14.4 Å². The number of carbonyl (C=O) groups is 3. The number of hydrogen-bond donors (Lipinski definition) is 6. The maximum absolute atomic E-state index is 12.6. The van der Waals surface area contributed by atoms with E-state index in [4.69, 9.17) is 10.8 Å². The van der Waals surface area contributed by atoms with E-state index in [0.717, 1.165) is 16.8 Å². The Balaban J connectivity index is 0.000000238. The van der Waals surface area contributed by atoms with Crippen molar-refractivity contribution >= 4 is 46.2 Å². The first-order valence-corrected chi connectivity index (χ1v) is 14.7. The molecule has 0 fully saturated rings. The van der Waals surface area contributed by atoms with E-state index in [9.17, 15) is 19.5 Å². The largest absolute Gasteiger partial charge is 0.508 e. The van der Waals surface area contributed by atoms with Gasteiger partial charge in [0.05, 0.1) is 0 Å². The molecule has 0 aliphatic carbocycles. The van der Waals surface area contributed by atoms with Crippen LogP contribution in [-0.4, -0.2) is 42.0 Å². The zero-order valence-corrected chi connectivity index (χ0v) is 26.5. The predicted molar refractivity (Wildman–Crippen MR) is 188 cm³/mol. The molecule has 0 saturated heterocycles. The maximum Gasteiger partial charge on any atom is 0.255 e. The molecule has 3 amide bonds. The number of phenolic OH excluding ortho intramolecular Hbond substituents is 2. The standard InChI is InChI=1S/C23H23N3O3.C14H14N2O2/c1-15-7-10-18(24-23(29)17-5-4-6-19(13-17)26(2)3)14-21(15)25-22(28)16-8-11-20(27)12-9-16;1-9-2-5-11(15)8-13(9)16-14(18)10-3-6-12(17)7-4-10/h4-14,27H,1-3H3,(H,24,29)(H,25,28);2-8,17H,15H2,1H3,(H,16,18). The molecule has 0 aliphatic heterocycles. The predicted octanol–water partition coefficient (Wildman–Crippen LogP) is 6.81. The van der Waals surface area contributed by atoms with Crippen LogP contribution in [0, 0.1) is 13.8 Å². The van der Waals surface area contributed by atoms with Crippen LogP contribution in [0.2, 0.25) is 0 Å². The third kappa shape index (κ3) is 9.35. The minimum Gasteiger partial charge on any atom is -0.508 e. The van der Waals surface area contributed by atoms with Crippen LogP contribution in [0.4, 0.5) is 28.4 Å². The van der Waals surface area contributed by atoms with Crippen molar-refractivity contribution in [1.29, 1.82) is 0 Å². The molecule has 10 heteroatoms. The summed E-state index contributed by atoms with van der Waals surface area (Å²) in [5, 5.41) is 27.0. The first-order valence-electron chi connectivity index (χ1n) is 14.7. The van der Waals surface area contributed by atoms with Gasteiger partial charge in [0.2, 0.25) is 0 Å². The van der Waals surface area contributed by atoms with E-state index in [1.165, 1.54) is 24.3 Å². The molecule has 240 valence electrons. The molecule has 10 nitrogen and oxygen atoms in total. The van der Waals surface area contributed by atoms with Crippen molar-refractivity contribution in [3.05, 3.63) is 137 Å². The number of carbonyl (C=O) groups excluding carboxylic acids is 3. The zero-order valence-electron chi connectivity index (χ0n) is 26.5. The van der Waals surface area contributed by atoms with Crippen LogP contribution in [0.3, 0.4) is 0 Å². The Morgan fingerprint density at radius 1 is 0.574 bits per heavy atom. The molecule has 47 heavy (non-hydrogen) atoms. The van der Waals surface area contributed by atoms with Gasteiger partial charge in [-0.25, -0.2) is 0 Å². The molecule has 0 aromatic heterocycles. The van der Waals surface area contributed by atoms with Gasteiger partial charge in [-0.2, -0.15) is 0 Å². The summed E-state index contributed by atoms with van der Waals surface area (Å²) in [7, 11) is 3.83. The summed E-state index contributed by atoms with van der Waals surface area (Å²) in [6.45, 7) is 3.77. The zero-order chi connectivity index (χ0) is 34.1. The summed E-state index contributed by atoms with van der Waals surface area (Å²) >= 11 is 0. The molecule has 5 aromatic rings. The lowest BCUT2D eigenvalue weighted by Gasteiger charge is -2.14. The summed E-state index contributed by atoms with van der Waals surface area (Å²) < 4.78 is 0. The van der Waals surface area contributed by atoms with Crippen molar-refractivity contribution in [2.24, 2.45) is 0 Å². The lowest BCUT2D eigenvalue weighted by Crippen LogP contribution is -2.15. The third-order valence-electron chi connectivity index (χ3n) is 7.14. The Hall–Kier alpha value is -6.29. The molecule has 0 unspecified atom stereocenters. The summed E-state index contributed by atoms with van der Waals surface area (Å²) in [6.07, 6.45) is 0. The van der Waals surface area contributed by atoms with Crippen molar-refractivity contribution in [2.75, 3.05) is 40.7 Å². The van der Waals surface area contributed by atoms with E-state index in [1.807, 2.05) is 63.2 Å². The summed E-state index contributed by atoms with van der Waals surface area (Å²) in [5.74, 6) is -0.528. The number of benzene rings is 5. The van der Waals surface area contributed by atoms with Gasteiger partial charge in [-0.15, -0.1) is 0 Å². The molecule has 0 aliphatic rings. The normalized spacial score (nSPS) is 10.2. The average Bonchev–Trinajstić information content (AvgIpc) is 3.05. The molecule has 0 radical (unpaired) electrons. The molecule has 5 aromatic carbocycles. The van der Waals surface area contributed by atoms with Crippen LogP contribution in [0.1, 0.15) is 42.2 Å². The fraction of sp³-hybridized carbons (Fsp3) is 0.108. The number of hydrogen-bond acceptors (Lipinski definition) is 7. The van der Waals surface area contributed by atoms with E-state index in [1.54, 1.807) is 54.6 Å².